The molecule has 1 heterocycles. The predicted octanol–water partition coefficient (Wildman–Crippen LogP) is 1.48. The molecular formula is C12H17N3O3. The average molecular weight is 251 g/mol. The van der Waals surface area contributed by atoms with Crippen molar-refractivity contribution in [2.45, 2.75) is 0 Å². The zero-order chi connectivity index (χ0) is 12.8. The lowest BCUT2D eigenvalue weighted by Crippen LogP contribution is -2.11. The molecule has 2 rings (SSSR count). The molecule has 0 unspecified atom stereocenters. The number of ether oxygens (including phenoxy) is 2. The first-order chi connectivity index (χ1) is 8.79. The zero-order valence-electron chi connectivity index (χ0n) is 10.3. The number of methoxy groups -OCH3 is 1. The van der Waals surface area contributed by atoms with Crippen molar-refractivity contribution in [3.63, 3.8) is 0 Å². The third-order valence-electron chi connectivity index (χ3n) is 2.37. The first-order valence-corrected chi connectivity index (χ1v) is 5.76. The van der Waals surface area contributed by atoms with Gasteiger partial charge in [0.25, 0.3) is 6.01 Å². The fourth-order valence-corrected chi connectivity index (χ4v) is 1.49. The van der Waals surface area contributed by atoms with E-state index >= 15 is 0 Å². The molecule has 0 saturated heterocycles. The van der Waals surface area contributed by atoms with Gasteiger partial charge < -0.3 is 24.9 Å². The van der Waals surface area contributed by atoms with E-state index in [4.69, 9.17) is 19.6 Å². The molecule has 6 heteroatoms. The summed E-state index contributed by atoms with van der Waals surface area (Å²) in [5, 5.41) is 3.05. The van der Waals surface area contributed by atoms with E-state index in [2.05, 4.69) is 10.3 Å². The van der Waals surface area contributed by atoms with Gasteiger partial charge in [-0.1, -0.05) is 0 Å². The highest BCUT2D eigenvalue weighted by Crippen LogP contribution is 2.20. The summed E-state index contributed by atoms with van der Waals surface area (Å²) in [6.07, 6.45) is 0. The number of rotatable bonds is 7. The highest BCUT2D eigenvalue weighted by atomic mass is 16.5. The smallest absolute Gasteiger partial charge is 0.295 e. The fourth-order valence-electron chi connectivity index (χ4n) is 1.49. The summed E-state index contributed by atoms with van der Waals surface area (Å²) in [7, 11) is 1.64. The summed E-state index contributed by atoms with van der Waals surface area (Å²) in [5.74, 6) is 0. The monoisotopic (exact) mass is 251 g/mol. The van der Waals surface area contributed by atoms with Crippen molar-refractivity contribution in [2.75, 3.05) is 44.5 Å². The molecule has 3 N–H and O–H groups in total. The largest absolute Gasteiger partial charge is 0.423 e. The normalized spacial score (nSPS) is 10.9. The second-order valence-corrected chi connectivity index (χ2v) is 3.78. The van der Waals surface area contributed by atoms with E-state index in [0.29, 0.717) is 43.7 Å². The van der Waals surface area contributed by atoms with Crippen LogP contribution in [0, 0.1) is 0 Å². The Kier molecular flexibility index (Phi) is 4.38. The lowest BCUT2D eigenvalue weighted by Gasteiger charge is -2.03. The molecule has 98 valence electrons. The lowest BCUT2D eigenvalue weighted by atomic mass is 10.3. The fraction of sp³-hybridized carbons (Fsp3) is 0.417. The summed E-state index contributed by atoms with van der Waals surface area (Å²) in [4.78, 5) is 4.27. The molecule has 1 aromatic heterocycles. The van der Waals surface area contributed by atoms with Crippen LogP contribution in [0.1, 0.15) is 0 Å². The molecule has 0 saturated carbocycles. The molecule has 0 atom stereocenters. The molecule has 6 nitrogen and oxygen atoms in total. The number of hydrogen-bond donors (Lipinski definition) is 2. The molecule has 0 spiro atoms. The number of nitrogens with one attached hydrogen (secondary N) is 1. The second kappa shape index (κ2) is 6.23. The van der Waals surface area contributed by atoms with E-state index in [1.54, 1.807) is 19.2 Å². The molecule has 0 bridgehead atoms. The SMILES string of the molecule is COCCOCCNc1nc2ccc(N)cc2o1. The minimum atomic E-state index is 0.478. The standard InChI is InChI=1S/C12H17N3O3/c1-16-6-7-17-5-4-14-12-15-10-3-2-9(13)8-11(10)18-12/h2-3,8H,4-7,13H2,1H3,(H,14,15). The van der Waals surface area contributed by atoms with Gasteiger partial charge in [-0.25, -0.2) is 0 Å². The van der Waals surface area contributed by atoms with Gasteiger partial charge in [-0.2, -0.15) is 4.98 Å². The number of fused-ring (bicyclic) bond motifs is 1. The molecule has 0 aliphatic heterocycles. The van der Waals surface area contributed by atoms with E-state index in [1.165, 1.54) is 0 Å². The highest BCUT2D eigenvalue weighted by Gasteiger charge is 2.04. The minimum absolute atomic E-state index is 0.478. The van der Waals surface area contributed by atoms with Crippen LogP contribution < -0.4 is 11.1 Å². The molecule has 0 amide bonds. The van der Waals surface area contributed by atoms with E-state index in [9.17, 15) is 0 Å². The van der Waals surface area contributed by atoms with Gasteiger partial charge in [0.05, 0.1) is 19.8 Å². The maximum atomic E-state index is 5.66. The number of benzene rings is 1. The van der Waals surface area contributed by atoms with Crippen LogP contribution in [-0.2, 0) is 9.47 Å². The zero-order valence-corrected chi connectivity index (χ0v) is 10.3. The van der Waals surface area contributed by atoms with Gasteiger partial charge in [0.1, 0.15) is 5.52 Å². The third-order valence-corrected chi connectivity index (χ3v) is 2.37. The molecule has 0 aliphatic carbocycles. The number of oxazole rings is 1. The Labute approximate surface area is 105 Å². The van der Waals surface area contributed by atoms with Crippen molar-refractivity contribution in [1.29, 1.82) is 0 Å². The van der Waals surface area contributed by atoms with Crippen molar-refractivity contribution in [2.24, 2.45) is 0 Å². The Bertz CT molecular complexity index is 498. The highest BCUT2D eigenvalue weighted by molar-refractivity contribution is 5.77. The van der Waals surface area contributed by atoms with Crippen LogP contribution in [0.2, 0.25) is 0 Å². The Balaban J connectivity index is 1.81. The lowest BCUT2D eigenvalue weighted by molar-refractivity contribution is 0.0758. The Morgan fingerprint density at radius 2 is 2.22 bits per heavy atom. The first-order valence-electron chi connectivity index (χ1n) is 5.76. The molecule has 1 aromatic carbocycles. The van der Waals surface area contributed by atoms with Crippen LogP contribution in [0.15, 0.2) is 22.6 Å². The second-order valence-electron chi connectivity index (χ2n) is 3.78. The van der Waals surface area contributed by atoms with Crippen LogP contribution in [0.4, 0.5) is 11.7 Å². The van der Waals surface area contributed by atoms with Gasteiger partial charge in [0, 0.05) is 25.4 Å². The van der Waals surface area contributed by atoms with Crippen molar-refractivity contribution in [1.82, 2.24) is 4.98 Å². The van der Waals surface area contributed by atoms with Gasteiger partial charge in [-0.15, -0.1) is 0 Å². The van der Waals surface area contributed by atoms with Crippen LogP contribution >= 0.6 is 0 Å². The number of anilines is 2. The third kappa shape index (κ3) is 3.35. The molecule has 0 radical (unpaired) electrons. The summed E-state index contributed by atoms with van der Waals surface area (Å²) in [6.45, 7) is 2.39. The van der Waals surface area contributed by atoms with Crippen LogP contribution in [0.3, 0.4) is 0 Å². The van der Waals surface area contributed by atoms with Crippen LogP contribution in [0.25, 0.3) is 11.1 Å². The van der Waals surface area contributed by atoms with Gasteiger partial charge in [0.15, 0.2) is 5.58 Å². The number of nitrogen functional groups attached to an aromatic ring is 1. The van der Waals surface area contributed by atoms with E-state index in [-0.39, 0.29) is 0 Å². The Morgan fingerprint density at radius 3 is 3.06 bits per heavy atom. The van der Waals surface area contributed by atoms with Crippen molar-refractivity contribution in [3.05, 3.63) is 18.2 Å². The average Bonchev–Trinajstić information content (AvgIpc) is 2.75. The summed E-state index contributed by atoms with van der Waals surface area (Å²) < 4.78 is 15.7. The number of hydrogen-bond acceptors (Lipinski definition) is 6. The van der Waals surface area contributed by atoms with Crippen LogP contribution in [-0.4, -0.2) is 38.5 Å². The van der Waals surface area contributed by atoms with Gasteiger partial charge in [0.2, 0.25) is 0 Å². The Hall–Kier alpha value is -1.79. The van der Waals surface area contributed by atoms with Crippen molar-refractivity contribution >= 4 is 22.8 Å². The molecule has 0 aliphatic rings. The van der Waals surface area contributed by atoms with Gasteiger partial charge in [-0.3, -0.25) is 0 Å². The van der Waals surface area contributed by atoms with Crippen LogP contribution in [0.5, 0.6) is 0 Å². The number of nitrogens with two attached hydrogens (primary N) is 1. The molecular weight excluding hydrogens is 234 g/mol. The maximum Gasteiger partial charge on any atom is 0.295 e. The predicted molar refractivity (Wildman–Crippen MR) is 69.6 cm³/mol. The topological polar surface area (TPSA) is 82.5 Å². The number of aromatic nitrogens is 1. The molecule has 18 heavy (non-hydrogen) atoms. The first kappa shape index (κ1) is 12.7. The number of nitrogens with zero attached hydrogens (tertiary/aromatic N) is 1. The van der Waals surface area contributed by atoms with E-state index < -0.39 is 0 Å². The van der Waals surface area contributed by atoms with Gasteiger partial charge >= 0.3 is 0 Å². The van der Waals surface area contributed by atoms with E-state index in [0.717, 1.165) is 5.52 Å². The van der Waals surface area contributed by atoms with Crippen molar-refractivity contribution < 1.29 is 13.9 Å². The molecule has 2 aromatic rings. The van der Waals surface area contributed by atoms with Gasteiger partial charge in [-0.05, 0) is 12.1 Å². The summed E-state index contributed by atoms with van der Waals surface area (Å²) >= 11 is 0. The Morgan fingerprint density at radius 1 is 1.33 bits per heavy atom. The summed E-state index contributed by atoms with van der Waals surface area (Å²) in [5.41, 5.74) is 7.78. The summed E-state index contributed by atoms with van der Waals surface area (Å²) in [6, 6.07) is 5.85. The quantitative estimate of drug-likeness (QED) is 0.573. The van der Waals surface area contributed by atoms with Crippen molar-refractivity contribution in [3.8, 4) is 0 Å². The molecule has 0 fully saturated rings. The van der Waals surface area contributed by atoms with E-state index in [1.807, 2.05) is 6.07 Å². The maximum absolute atomic E-state index is 5.66. The minimum Gasteiger partial charge on any atom is -0.423 e.